The van der Waals surface area contributed by atoms with Gasteiger partial charge in [-0.1, -0.05) is 23.7 Å². The van der Waals surface area contributed by atoms with Crippen LogP contribution in [0.2, 0.25) is 5.02 Å². The van der Waals surface area contributed by atoms with Crippen molar-refractivity contribution >= 4 is 17.4 Å². The van der Waals surface area contributed by atoms with E-state index in [-0.39, 0.29) is 22.8 Å². The first-order valence-corrected chi connectivity index (χ1v) is 6.09. The van der Waals surface area contributed by atoms with Gasteiger partial charge >= 0.3 is 0 Å². The van der Waals surface area contributed by atoms with Crippen molar-refractivity contribution < 1.29 is 13.9 Å². The molecular formula is C15H12ClFO2. The SMILES string of the molecule is COc1ccc(CC(=O)c2ccc(Cl)cc2F)cc1. The number of hydrogen-bond donors (Lipinski definition) is 0. The van der Waals surface area contributed by atoms with E-state index in [1.54, 1.807) is 31.4 Å². The minimum Gasteiger partial charge on any atom is -0.497 e. The molecule has 19 heavy (non-hydrogen) atoms. The van der Waals surface area contributed by atoms with Crippen LogP contribution >= 0.6 is 11.6 Å². The van der Waals surface area contributed by atoms with E-state index in [0.29, 0.717) is 5.75 Å². The normalized spacial score (nSPS) is 10.3. The van der Waals surface area contributed by atoms with E-state index in [9.17, 15) is 9.18 Å². The summed E-state index contributed by atoms with van der Waals surface area (Å²) in [5.41, 5.74) is 0.861. The van der Waals surface area contributed by atoms with Crippen LogP contribution in [0.3, 0.4) is 0 Å². The van der Waals surface area contributed by atoms with Crippen LogP contribution in [0.1, 0.15) is 15.9 Å². The first-order chi connectivity index (χ1) is 9.10. The van der Waals surface area contributed by atoms with E-state index in [2.05, 4.69) is 0 Å². The van der Waals surface area contributed by atoms with Crippen LogP contribution in [0.15, 0.2) is 42.5 Å². The van der Waals surface area contributed by atoms with E-state index < -0.39 is 5.82 Å². The Balaban J connectivity index is 2.15. The lowest BCUT2D eigenvalue weighted by molar-refractivity contribution is 0.0989. The summed E-state index contributed by atoms with van der Waals surface area (Å²) in [5, 5.41) is 0.276. The Hall–Kier alpha value is -1.87. The Labute approximate surface area is 115 Å². The number of ether oxygens (including phenoxy) is 1. The lowest BCUT2D eigenvalue weighted by Gasteiger charge is -2.05. The average molecular weight is 279 g/mol. The molecule has 2 nitrogen and oxygen atoms in total. The maximum Gasteiger partial charge on any atom is 0.170 e. The maximum absolute atomic E-state index is 13.6. The molecule has 0 aliphatic heterocycles. The zero-order valence-corrected chi connectivity index (χ0v) is 11.1. The van der Waals surface area contributed by atoms with Gasteiger partial charge in [0.05, 0.1) is 12.7 Å². The predicted octanol–water partition coefficient (Wildman–Crippen LogP) is 3.91. The predicted molar refractivity (Wildman–Crippen MR) is 72.4 cm³/mol. The summed E-state index contributed by atoms with van der Waals surface area (Å²) >= 11 is 5.65. The molecule has 0 spiro atoms. The van der Waals surface area contributed by atoms with Gasteiger partial charge in [0.15, 0.2) is 5.78 Å². The third-order valence-corrected chi connectivity index (χ3v) is 2.99. The van der Waals surface area contributed by atoms with Gasteiger partial charge in [-0.05, 0) is 35.9 Å². The lowest BCUT2D eigenvalue weighted by Crippen LogP contribution is -2.06. The van der Waals surface area contributed by atoms with Crippen molar-refractivity contribution in [2.24, 2.45) is 0 Å². The van der Waals surface area contributed by atoms with Crippen LogP contribution < -0.4 is 4.74 Å². The molecule has 0 aliphatic carbocycles. The first kappa shape index (κ1) is 13.6. The van der Waals surface area contributed by atoms with Gasteiger partial charge in [0.25, 0.3) is 0 Å². The minimum atomic E-state index is -0.592. The fourth-order valence-corrected chi connectivity index (χ4v) is 1.90. The molecule has 0 aliphatic rings. The molecule has 0 bridgehead atoms. The monoisotopic (exact) mass is 278 g/mol. The molecule has 2 aromatic rings. The summed E-state index contributed by atoms with van der Waals surface area (Å²) in [4.78, 5) is 12.0. The molecule has 0 unspecified atom stereocenters. The van der Waals surface area contributed by atoms with Gasteiger partial charge in [0, 0.05) is 11.4 Å². The molecule has 0 N–H and O–H groups in total. The quantitative estimate of drug-likeness (QED) is 0.793. The Morgan fingerprint density at radius 2 is 1.89 bits per heavy atom. The summed E-state index contributed by atoms with van der Waals surface area (Å²) < 4.78 is 18.6. The first-order valence-electron chi connectivity index (χ1n) is 5.71. The van der Waals surface area contributed by atoms with Gasteiger partial charge in [-0.15, -0.1) is 0 Å². The van der Waals surface area contributed by atoms with Crippen molar-refractivity contribution in [3.63, 3.8) is 0 Å². The van der Waals surface area contributed by atoms with Crippen molar-refractivity contribution in [1.82, 2.24) is 0 Å². The van der Waals surface area contributed by atoms with Gasteiger partial charge in [-0.3, -0.25) is 4.79 Å². The number of rotatable bonds is 4. The Morgan fingerprint density at radius 3 is 2.47 bits per heavy atom. The van der Waals surface area contributed by atoms with Crippen LogP contribution in [0, 0.1) is 5.82 Å². The van der Waals surface area contributed by atoms with Crippen molar-refractivity contribution in [3.8, 4) is 5.75 Å². The summed E-state index contributed by atoms with van der Waals surface area (Å²) in [6, 6.07) is 11.1. The molecule has 0 fully saturated rings. The van der Waals surface area contributed by atoms with Gasteiger partial charge in [0.2, 0.25) is 0 Å². The number of methoxy groups -OCH3 is 1. The van der Waals surface area contributed by atoms with Crippen LogP contribution in [-0.2, 0) is 6.42 Å². The molecule has 2 aromatic carbocycles. The highest BCUT2D eigenvalue weighted by Gasteiger charge is 2.12. The van der Waals surface area contributed by atoms with E-state index in [4.69, 9.17) is 16.3 Å². The smallest absolute Gasteiger partial charge is 0.170 e. The van der Waals surface area contributed by atoms with Crippen LogP contribution in [0.4, 0.5) is 4.39 Å². The number of hydrogen-bond acceptors (Lipinski definition) is 2. The number of benzene rings is 2. The molecule has 0 heterocycles. The molecule has 0 aromatic heterocycles. The van der Waals surface area contributed by atoms with Crippen molar-refractivity contribution in [3.05, 3.63) is 64.4 Å². The van der Waals surface area contributed by atoms with Crippen LogP contribution in [0.25, 0.3) is 0 Å². The average Bonchev–Trinajstić information content (AvgIpc) is 2.39. The standard InChI is InChI=1S/C15H12ClFO2/c1-19-12-5-2-10(3-6-12)8-15(18)13-7-4-11(16)9-14(13)17/h2-7,9H,8H2,1H3. The molecule has 2 rings (SSSR count). The maximum atomic E-state index is 13.6. The summed E-state index contributed by atoms with van der Waals surface area (Å²) in [5.74, 6) is -0.154. The molecule has 0 radical (unpaired) electrons. The van der Waals surface area contributed by atoms with Gasteiger partial charge in [-0.2, -0.15) is 0 Å². The fraction of sp³-hybridized carbons (Fsp3) is 0.133. The second-order valence-electron chi connectivity index (χ2n) is 4.07. The highest BCUT2D eigenvalue weighted by atomic mass is 35.5. The van der Waals surface area contributed by atoms with Crippen LogP contribution in [-0.4, -0.2) is 12.9 Å². The number of ketones is 1. The van der Waals surface area contributed by atoms with E-state index >= 15 is 0 Å². The fourth-order valence-electron chi connectivity index (χ4n) is 1.74. The molecule has 0 amide bonds. The molecular weight excluding hydrogens is 267 g/mol. The Kier molecular flexibility index (Phi) is 4.17. The van der Waals surface area contributed by atoms with Crippen molar-refractivity contribution in [2.45, 2.75) is 6.42 Å². The van der Waals surface area contributed by atoms with E-state index in [1.165, 1.54) is 12.1 Å². The Bertz CT molecular complexity index is 594. The van der Waals surface area contributed by atoms with Crippen molar-refractivity contribution in [1.29, 1.82) is 0 Å². The number of halogens is 2. The summed E-state index contributed by atoms with van der Waals surface area (Å²) in [7, 11) is 1.57. The topological polar surface area (TPSA) is 26.3 Å². The zero-order valence-electron chi connectivity index (χ0n) is 10.3. The minimum absolute atomic E-state index is 0.0558. The highest BCUT2D eigenvalue weighted by molar-refractivity contribution is 6.30. The number of carbonyl (C=O) groups excluding carboxylic acids is 1. The van der Waals surface area contributed by atoms with Gasteiger partial charge in [-0.25, -0.2) is 4.39 Å². The largest absolute Gasteiger partial charge is 0.497 e. The summed E-state index contributed by atoms with van der Waals surface area (Å²) in [6.07, 6.45) is 0.141. The molecule has 0 saturated heterocycles. The molecule has 0 atom stereocenters. The molecule has 4 heteroatoms. The second-order valence-corrected chi connectivity index (χ2v) is 4.51. The summed E-state index contributed by atoms with van der Waals surface area (Å²) in [6.45, 7) is 0. The van der Waals surface area contributed by atoms with Gasteiger partial charge < -0.3 is 4.74 Å². The Morgan fingerprint density at radius 1 is 1.21 bits per heavy atom. The van der Waals surface area contributed by atoms with Crippen LogP contribution in [0.5, 0.6) is 5.75 Å². The molecule has 98 valence electrons. The van der Waals surface area contributed by atoms with E-state index in [1.807, 2.05) is 0 Å². The number of carbonyl (C=O) groups is 1. The van der Waals surface area contributed by atoms with Crippen molar-refractivity contribution in [2.75, 3.05) is 7.11 Å². The van der Waals surface area contributed by atoms with Gasteiger partial charge in [0.1, 0.15) is 11.6 Å². The highest BCUT2D eigenvalue weighted by Crippen LogP contribution is 2.18. The van der Waals surface area contributed by atoms with E-state index in [0.717, 1.165) is 11.6 Å². The lowest BCUT2D eigenvalue weighted by atomic mass is 10.0. The third-order valence-electron chi connectivity index (χ3n) is 2.76. The zero-order chi connectivity index (χ0) is 13.8. The number of Topliss-reactive ketones (excluding diaryl/α,β-unsaturated/α-hetero) is 1. The second kappa shape index (κ2) is 5.85. The third kappa shape index (κ3) is 3.32. The molecule has 0 saturated carbocycles.